The maximum atomic E-state index is 12.7. The van der Waals surface area contributed by atoms with Gasteiger partial charge in [0.1, 0.15) is 5.58 Å². The molecular weight excluding hydrogens is 519 g/mol. The van der Waals surface area contributed by atoms with Crippen LogP contribution in [0.1, 0.15) is 5.56 Å². The van der Waals surface area contributed by atoms with Crippen molar-refractivity contribution in [1.82, 2.24) is 9.55 Å². The largest absolute Gasteiger partial charge is 0.422 e. The molecule has 0 amide bonds. The Hall–Kier alpha value is -2.84. The van der Waals surface area contributed by atoms with E-state index in [2.05, 4.69) is 59.0 Å². The summed E-state index contributed by atoms with van der Waals surface area (Å²) in [6, 6.07) is 27.9. The minimum absolute atomic E-state index is 0.384. The van der Waals surface area contributed by atoms with Gasteiger partial charge in [0.25, 0.3) is 0 Å². The van der Waals surface area contributed by atoms with Crippen LogP contribution in [-0.4, -0.2) is 9.55 Å². The fourth-order valence-corrected chi connectivity index (χ4v) is 4.65. The summed E-state index contributed by atoms with van der Waals surface area (Å²) in [5, 5.41) is 1.70. The van der Waals surface area contributed by atoms with Crippen molar-refractivity contribution in [3.05, 3.63) is 111 Å². The summed E-state index contributed by atoms with van der Waals surface area (Å²) in [6.07, 6.45) is 1.91. The van der Waals surface area contributed by atoms with E-state index in [0.29, 0.717) is 16.8 Å². The second kappa shape index (κ2) is 8.72. The quantitative estimate of drug-likeness (QED) is 0.145. The molecule has 152 valence electrons. The molecule has 0 bridgehead atoms. The van der Waals surface area contributed by atoms with E-state index in [9.17, 15) is 4.79 Å². The van der Waals surface area contributed by atoms with E-state index in [1.807, 2.05) is 53.2 Å². The van der Waals surface area contributed by atoms with E-state index >= 15 is 0 Å². The maximum Gasteiger partial charge on any atom is 0.345 e. The minimum atomic E-state index is -0.384. The number of para-hydroxylation sites is 1. The molecule has 0 N–H and O–H groups in total. The fraction of sp³-hybridized carbons (Fsp3) is 0.0400. The van der Waals surface area contributed by atoms with Crippen LogP contribution in [0.4, 0.5) is 0 Å². The van der Waals surface area contributed by atoms with Gasteiger partial charge >= 0.3 is 5.63 Å². The number of fused-ring (bicyclic) bond motifs is 1. The van der Waals surface area contributed by atoms with Crippen molar-refractivity contribution in [3.63, 3.8) is 0 Å². The molecule has 0 aliphatic carbocycles. The Morgan fingerprint density at radius 1 is 0.935 bits per heavy atom. The molecule has 31 heavy (non-hydrogen) atoms. The Bertz CT molecular complexity index is 1410. The smallest absolute Gasteiger partial charge is 0.345 e. The molecule has 4 nitrogen and oxygen atoms in total. The number of benzene rings is 3. The molecule has 0 spiro atoms. The van der Waals surface area contributed by atoms with Gasteiger partial charge in [-0.05, 0) is 64.6 Å². The molecule has 0 atom stereocenters. The normalized spacial score (nSPS) is 11.1. The highest BCUT2D eigenvalue weighted by atomic mass is 127. The first-order chi connectivity index (χ1) is 15.2. The predicted octanol–water partition coefficient (Wildman–Crippen LogP) is 6.54. The summed E-state index contributed by atoms with van der Waals surface area (Å²) in [4.78, 5) is 17.5. The van der Waals surface area contributed by atoms with Crippen molar-refractivity contribution >= 4 is 45.3 Å². The van der Waals surface area contributed by atoms with Gasteiger partial charge in [0.05, 0.1) is 11.3 Å². The zero-order valence-corrected chi connectivity index (χ0v) is 19.3. The minimum Gasteiger partial charge on any atom is -0.422 e. The first kappa shape index (κ1) is 20.1. The number of hydrogen-bond donors (Lipinski definition) is 0. The average Bonchev–Trinajstić information content (AvgIpc) is 3.22. The molecule has 3 aromatic carbocycles. The molecule has 0 aliphatic rings. The van der Waals surface area contributed by atoms with Crippen LogP contribution in [0.25, 0.3) is 27.9 Å². The number of hydrogen-bond acceptors (Lipinski definition) is 4. The highest BCUT2D eigenvalue weighted by Crippen LogP contribution is 2.29. The Kier molecular flexibility index (Phi) is 5.65. The first-order valence-corrected chi connectivity index (χ1v) is 11.8. The van der Waals surface area contributed by atoms with Crippen LogP contribution in [0.15, 0.2) is 105 Å². The lowest BCUT2D eigenvalue weighted by molar-refractivity contribution is 0.563. The number of imidazole rings is 1. The molecule has 0 saturated carbocycles. The van der Waals surface area contributed by atoms with E-state index in [-0.39, 0.29) is 5.63 Å². The van der Waals surface area contributed by atoms with Crippen LogP contribution >= 0.6 is 34.4 Å². The van der Waals surface area contributed by atoms with Gasteiger partial charge in [0, 0.05) is 26.6 Å². The summed E-state index contributed by atoms with van der Waals surface area (Å²) in [6.45, 7) is 0. The molecule has 2 heterocycles. The van der Waals surface area contributed by atoms with Gasteiger partial charge < -0.3 is 4.42 Å². The second-order valence-corrected chi connectivity index (χ2v) is 9.20. The van der Waals surface area contributed by atoms with Crippen molar-refractivity contribution < 1.29 is 4.42 Å². The van der Waals surface area contributed by atoms with Crippen molar-refractivity contribution in [2.24, 2.45) is 0 Å². The molecule has 6 heteroatoms. The number of thioether (sulfide) groups is 1. The summed E-state index contributed by atoms with van der Waals surface area (Å²) in [5.74, 6) is 0.786. The lowest BCUT2D eigenvalue weighted by atomic mass is 10.1. The average molecular weight is 536 g/mol. The van der Waals surface area contributed by atoms with E-state index in [0.717, 1.165) is 25.6 Å². The van der Waals surface area contributed by atoms with Crippen molar-refractivity contribution in [1.29, 1.82) is 0 Å². The monoisotopic (exact) mass is 536 g/mol. The second-order valence-electron chi connectivity index (χ2n) is 7.01. The van der Waals surface area contributed by atoms with E-state index in [1.165, 1.54) is 5.56 Å². The van der Waals surface area contributed by atoms with E-state index in [4.69, 9.17) is 9.40 Å². The third-order valence-electron chi connectivity index (χ3n) is 4.91. The molecular formula is C25H17IN2O2S. The van der Waals surface area contributed by atoms with Gasteiger partial charge in [-0.15, -0.1) is 0 Å². The van der Waals surface area contributed by atoms with Gasteiger partial charge in [0.15, 0.2) is 5.16 Å². The number of rotatable bonds is 5. The lowest BCUT2D eigenvalue weighted by Crippen LogP contribution is -2.02. The molecule has 0 aliphatic heterocycles. The molecule has 0 unspecified atom stereocenters. The zero-order chi connectivity index (χ0) is 21.2. The highest BCUT2D eigenvalue weighted by Gasteiger charge is 2.16. The van der Waals surface area contributed by atoms with Gasteiger partial charge in [-0.25, -0.2) is 9.78 Å². The topological polar surface area (TPSA) is 48.0 Å². The molecule has 5 aromatic rings. The van der Waals surface area contributed by atoms with Crippen LogP contribution in [-0.2, 0) is 5.75 Å². The molecule has 5 rings (SSSR count). The van der Waals surface area contributed by atoms with Gasteiger partial charge in [-0.1, -0.05) is 60.3 Å². The lowest BCUT2D eigenvalue weighted by Gasteiger charge is -2.07. The van der Waals surface area contributed by atoms with Crippen LogP contribution in [0.2, 0.25) is 0 Å². The molecule has 0 fully saturated rings. The summed E-state index contributed by atoms with van der Waals surface area (Å²) < 4.78 is 8.73. The molecule has 0 radical (unpaired) electrons. The summed E-state index contributed by atoms with van der Waals surface area (Å²) >= 11 is 3.93. The summed E-state index contributed by atoms with van der Waals surface area (Å²) in [7, 11) is 0. The van der Waals surface area contributed by atoms with Crippen LogP contribution < -0.4 is 5.63 Å². The Labute approximate surface area is 197 Å². The van der Waals surface area contributed by atoms with E-state index < -0.39 is 0 Å². The van der Waals surface area contributed by atoms with Crippen LogP contribution in [0.5, 0.6) is 0 Å². The van der Waals surface area contributed by atoms with Crippen LogP contribution in [0, 0.1) is 3.57 Å². The predicted molar refractivity (Wildman–Crippen MR) is 134 cm³/mol. The Morgan fingerprint density at radius 3 is 2.48 bits per heavy atom. The van der Waals surface area contributed by atoms with Crippen LogP contribution in [0.3, 0.4) is 0 Å². The number of nitrogens with zero attached hydrogens (tertiary/aromatic N) is 2. The maximum absolute atomic E-state index is 12.7. The third kappa shape index (κ3) is 4.31. The van der Waals surface area contributed by atoms with E-state index in [1.54, 1.807) is 17.8 Å². The molecule has 2 aromatic heterocycles. The number of aromatic nitrogens is 2. The molecule has 0 saturated heterocycles. The summed E-state index contributed by atoms with van der Waals surface area (Å²) in [5.41, 5.74) is 3.48. The zero-order valence-electron chi connectivity index (χ0n) is 16.4. The fourth-order valence-electron chi connectivity index (χ4n) is 3.34. The standard InChI is InChI=1S/C25H17IN2O2S/c26-19-10-12-20(13-11-19)28-15-22(27-25(28)31-16-17-6-2-1-3-7-17)21-14-18-8-4-5-9-23(18)30-24(21)29/h1-15H,16H2. The van der Waals surface area contributed by atoms with Crippen molar-refractivity contribution in [3.8, 4) is 16.9 Å². The van der Waals surface area contributed by atoms with Crippen molar-refractivity contribution in [2.75, 3.05) is 0 Å². The Morgan fingerprint density at radius 2 is 1.68 bits per heavy atom. The third-order valence-corrected chi connectivity index (χ3v) is 6.65. The van der Waals surface area contributed by atoms with Gasteiger partial charge in [-0.3, -0.25) is 4.57 Å². The van der Waals surface area contributed by atoms with Gasteiger partial charge in [-0.2, -0.15) is 0 Å². The van der Waals surface area contributed by atoms with Gasteiger partial charge in [0.2, 0.25) is 0 Å². The Balaban J connectivity index is 1.59. The van der Waals surface area contributed by atoms with Crippen molar-refractivity contribution in [2.45, 2.75) is 10.9 Å². The highest BCUT2D eigenvalue weighted by molar-refractivity contribution is 14.1. The SMILES string of the molecule is O=c1oc2ccccc2cc1-c1cn(-c2ccc(I)cc2)c(SCc2ccccc2)n1. The first-order valence-electron chi connectivity index (χ1n) is 9.73. The number of halogens is 1.